The zero-order valence-corrected chi connectivity index (χ0v) is 15.4. The minimum Gasteiger partial charge on any atom is -0.376 e. The SMILES string of the molecule is Cc1cccc(NS(=O)(=O)c2ccc(C(=O)NCC3CCCO3)cc2)c1. The fraction of sp³-hybridized carbons (Fsp3) is 0.316. The predicted molar refractivity (Wildman–Crippen MR) is 99.7 cm³/mol. The van der Waals surface area contributed by atoms with Crippen LogP contribution >= 0.6 is 0 Å². The van der Waals surface area contributed by atoms with E-state index in [1.54, 1.807) is 18.2 Å². The smallest absolute Gasteiger partial charge is 0.261 e. The summed E-state index contributed by atoms with van der Waals surface area (Å²) in [4.78, 5) is 12.3. The molecule has 2 aromatic rings. The molecule has 1 fully saturated rings. The first-order valence-corrected chi connectivity index (χ1v) is 10.0. The van der Waals surface area contributed by atoms with Gasteiger partial charge >= 0.3 is 0 Å². The highest BCUT2D eigenvalue weighted by molar-refractivity contribution is 7.92. The molecule has 1 heterocycles. The number of nitrogens with one attached hydrogen (secondary N) is 2. The third-order valence-corrected chi connectivity index (χ3v) is 5.61. The third-order valence-electron chi connectivity index (χ3n) is 4.21. The summed E-state index contributed by atoms with van der Waals surface area (Å²) in [7, 11) is -3.70. The Bertz CT molecular complexity index is 873. The Morgan fingerprint density at radius 1 is 1.19 bits per heavy atom. The monoisotopic (exact) mass is 374 g/mol. The first kappa shape index (κ1) is 18.4. The summed E-state index contributed by atoms with van der Waals surface area (Å²) in [6.07, 6.45) is 2.03. The van der Waals surface area contributed by atoms with Crippen LogP contribution in [0.3, 0.4) is 0 Å². The van der Waals surface area contributed by atoms with Crippen molar-refractivity contribution < 1.29 is 17.9 Å². The van der Waals surface area contributed by atoms with Gasteiger partial charge in [0, 0.05) is 24.4 Å². The molecule has 2 N–H and O–H groups in total. The number of rotatable bonds is 6. The van der Waals surface area contributed by atoms with E-state index in [1.165, 1.54) is 24.3 Å². The molecule has 1 aliphatic rings. The van der Waals surface area contributed by atoms with E-state index in [0.717, 1.165) is 25.0 Å². The van der Waals surface area contributed by atoms with Gasteiger partial charge in [-0.1, -0.05) is 12.1 Å². The largest absolute Gasteiger partial charge is 0.376 e. The molecule has 1 atom stereocenters. The van der Waals surface area contributed by atoms with Gasteiger partial charge in [0.05, 0.1) is 11.0 Å². The van der Waals surface area contributed by atoms with Crippen LogP contribution in [0, 0.1) is 6.92 Å². The zero-order chi connectivity index (χ0) is 18.6. The van der Waals surface area contributed by atoms with Gasteiger partial charge in [-0.25, -0.2) is 8.42 Å². The molecule has 0 spiro atoms. The molecule has 2 aromatic carbocycles. The highest BCUT2D eigenvalue weighted by atomic mass is 32.2. The lowest BCUT2D eigenvalue weighted by molar-refractivity contribution is 0.0857. The maximum absolute atomic E-state index is 12.5. The Hall–Kier alpha value is -2.38. The van der Waals surface area contributed by atoms with Crippen molar-refractivity contribution in [2.24, 2.45) is 0 Å². The molecule has 0 aliphatic carbocycles. The van der Waals surface area contributed by atoms with Crippen molar-refractivity contribution >= 4 is 21.6 Å². The molecule has 0 radical (unpaired) electrons. The number of ether oxygens (including phenoxy) is 1. The van der Waals surface area contributed by atoms with Crippen LogP contribution in [0.1, 0.15) is 28.8 Å². The Morgan fingerprint density at radius 3 is 2.62 bits per heavy atom. The summed E-state index contributed by atoms with van der Waals surface area (Å²) < 4.78 is 32.9. The predicted octanol–water partition coefficient (Wildman–Crippen LogP) is 2.70. The summed E-state index contributed by atoms with van der Waals surface area (Å²) in [5, 5.41) is 2.82. The Balaban J connectivity index is 1.64. The van der Waals surface area contributed by atoms with Crippen molar-refractivity contribution in [3.8, 4) is 0 Å². The van der Waals surface area contributed by atoms with Crippen molar-refractivity contribution in [3.63, 3.8) is 0 Å². The van der Waals surface area contributed by atoms with Crippen LogP contribution in [0.2, 0.25) is 0 Å². The molecule has 26 heavy (non-hydrogen) atoms. The van der Waals surface area contributed by atoms with E-state index in [4.69, 9.17) is 4.74 Å². The van der Waals surface area contributed by atoms with Crippen molar-refractivity contribution in [1.82, 2.24) is 5.32 Å². The number of carbonyl (C=O) groups excluding carboxylic acids is 1. The molecule has 1 aliphatic heterocycles. The highest BCUT2D eigenvalue weighted by Gasteiger charge is 2.18. The van der Waals surface area contributed by atoms with Gasteiger partial charge in [0.2, 0.25) is 0 Å². The molecular formula is C19H22N2O4S. The standard InChI is InChI=1S/C19H22N2O4S/c1-14-4-2-5-16(12-14)21-26(23,24)18-9-7-15(8-10-18)19(22)20-13-17-6-3-11-25-17/h2,4-5,7-10,12,17,21H,3,6,11,13H2,1H3,(H,20,22). The van der Waals surface area contributed by atoms with Crippen molar-refractivity contribution in [2.45, 2.75) is 30.8 Å². The fourth-order valence-corrected chi connectivity index (χ4v) is 3.87. The van der Waals surface area contributed by atoms with Gasteiger partial charge in [-0.05, 0) is 61.7 Å². The summed E-state index contributed by atoms with van der Waals surface area (Å²) in [5.74, 6) is -0.240. The van der Waals surface area contributed by atoms with E-state index in [0.29, 0.717) is 17.8 Å². The van der Waals surface area contributed by atoms with Crippen LogP contribution in [-0.4, -0.2) is 33.6 Å². The number of hydrogen-bond donors (Lipinski definition) is 2. The van der Waals surface area contributed by atoms with E-state index < -0.39 is 10.0 Å². The molecule has 1 saturated heterocycles. The molecule has 1 amide bonds. The Labute approximate surface area is 153 Å². The molecule has 0 saturated carbocycles. The average Bonchev–Trinajstić information content (AvgIpc) is 3.13. The second-order valence-corrected chi connectivity index (χ2v) is 8.03. The maximum Gasteiger partial charge on any atom is 0.261 e. The lowest BCUT2D eigenvalue weighted by Gasteiger charge is -2.11. The van der Waals surface area contributed by atoms with E-state index in [1.807, 2.05) is 13.0 Å². The molecular weight excluding hydrogens is 352 g/mol. The number of amides is 1. The van der Waals surface area contributed by atoms with Crippen molar-refractivity contribution in [1.29, 1.82) is 0 Å². The zero-order valence-electron chi connectivity index (χ0n) is 14.6. The Morgan fingerprint density at radius 2 is 1.96 bits per heavy atom. The van der Waals surface area contributed by atoms with Gasteiger partial charge in [-0.2, -0.15) is 0 Å². The number of aryl methyl sites for hydroxylation is 1. The van der Waals surface area contributed by atoms with E-state index >= 15 is 0 Å². The first-order valence-electron chi connectivity index (χ1n) is 8.53. The number of sulfonamides is 1. The van der Waals surface area contributed by atoms with Gasteiger partial charge in [-0.15, -0.1) is 0 Å². The second kappa shape index (κ2) is 7.88. The van der Waals surface area contributed by atoms with Gasteiger partial charge < -0.3 is 10.1 Å². The molecule has 0 aromatic heterocycles. The summed E-state index contributed by atoms with van der Waals surface area (Å²) in [5.41, 5.74) is 1.88. The molecule has 1 unspecified atom stereocenters. The summed E-state index contributed by atoms with van der Waals surface area (Å²) in [6.45, 7) is 3.09. The lowest BCUT2D eigenvalue weighted by Crippen LogP contribution is -2.31. The van der Waals surface area contributed by atoms with Gasteiger partial charge in [0.25, 0.3) is 15.9 Å². The minimum absolute atomic E-state index is 0.0668. The topological polar surface area (TPSA) is 84.5 Å². The van der Waals surface area contributed by atoms with Crippen LogP contribution in [-0.2, 0) is 14.8 Å². The van der Waals surface area contributed by atoms with Crippen LogP contribution in [0.5, 0.6) is 0 Å². The normalized spacial score (nSPS) is 17.0. The van der Waals surface area contributed by atoms with Crippen LogP contribution < -0.4 is 10.0 Å². The summed E-state index contributed by atoms with van der Waals surface area (Å²) >= 11 is 0. The average molecular weight is 374 g/mol. The Kier molecular flexibility index (Phi) is 5.58. The number of benzene rings is 2. The van der Waals surface area contributed by atoms with Gasteiger partial charge in [0.15, 0.2) is 0 Å². The third kappa shape index (κ3) is 4.62. The molecule has 3 rings (SSSR count). The first-order chi connectivity index (χ1) is 12.4. The van der Waals surface area contributed by atoms with E-state index in [9.17, 15) is 13.2 Å². The van der Waals surface area contributed by atoms with Crippen LogP contribution in [0.4, 0.5) is 5.69 Å². The quantitative estimate of drug-likeness (QED) is 0.814. The van der Waals surface area contributed by atoms with E-state index in [-0.39, 0.29) is 16.9 Å². The number of hydrogen-bond acceptors (Lipinski definition) is 4. The van der Waals surface area contributed by atoms with Gasteiger partial charge in [0.1, 0.15) is 0 Å². The molecule has 6 nitrogen and oxygen atoms in total. The van der Waals surface area contributed by atoms with Crippen molar-refractivity contribution in [3.05, 3.63) is 59.7 Å². The second-order valence-electron chi connectivity index (χ2n) is 6.34. The van der Waals surface area contributed by atoms with Gasteiger partial charge in [-0.3, -0.25) is 9.52 Å². The van der Waals surface area contributed by atoms with Crippen LogP contribution in [0.25, 0.3) is 0 Å². The van der Waals surface area contributed by atoms with Crippen LogP contribution in [0.15, 0.2) is 53.4 Å². The van der Waals surface area contributed by atoms with E-state index in [2.05, 4.69) is 10.0 Å². The molecule has 138 valence electrons. The number of anilines is 1. The highest BCUT2D eigenvalue weighted by Crippen LogP contribution is 2.18. The van der Waals surface area contributed by atoms with Crippen molar-refractivity contribution in [2.75, 3.05) is 17.9 Å². The maximum atomic E-state index is 12.5. The molecule has 0 bridgehead atoms. The molecule has 7 heteroatoms. The lowest BCUT2D eigenvalue weighted by atomic mass is 10.2. The fourth-order valence-electron chi connectivity index (χ4n) is 2.82. The minimum atomic E-state index is -3.70. The number of carbonyl (C=O) groups is 1. The summed E-state index contributed by atoms with van der Waals surface area (Å²) in [6, 6.07) is 13.0.